The molecule has 0 saturated carbocycles. The molecule has 1 heterocycles. The zero-order valence-electron chi connectivity index (χ0n) is 16.8. The van der Waals surface area contributed by atoms with Gasteiger partial charge in [-0.05, 0) is 50.1 Å². The molecule has 1 aromatic carbocycles. The van der Waals surface area contributed by atoms with E-state index in [9.17, 15) is 18.8 Å². The predicted octanol–water partition coefficient (Wildman–Crippen LogP) is 0.960. The summed E-state index contributed by atoms with van der Waals surface area (Å²) in [6.07, 6.45) is 0. The summed E-state index contributed by atoms with van der Waals surface area (Å²) in [7, 11) is 1.66. The van der Waals surface area contributed by atoms with Crippen LogP contribution in [0.1, 0.15) is 37.7 Å². The van der Waals surface area contributed by atoms with Gasteiger partial charge >= 0.3 is 0 Å². The average molecular weight is 404 g/mol. The molecule has 9 heteroatoms. The van der Waals surface area contributed by atoms with Gasteiger partial charge in [0, 0.05) is 18.4 Å². The van der Waals surface area contributed by atoms with E-state index >= 15 is 0 Å². The zero-order valence-corrected chi connectivity index (χ0v) is 16.8. The first-order valence-electron chi connectivity index (χ1n) is 8.98. The molecule has 1 aromatic heterocycles. The summed E-state index contributed by atoms with van der Waals surface area (Å²) >= 11 is 0. The van der Waals surface area contributed by atoms with Crippen LogP contribution in [0.5, 0.6) is 0 Å². The van der Waals surface area contributed by atoms with Gasteiger partial charge in [0.1, 0.15) is 11.9 Å². The van der Waals surface area contributed by atoms with Crippen molar-refractivity contribution in [2.24, 2.45) is 12.8 Å². The van der Waals surface area contributed by atoms with E-state index in [2.05, 4.69) is 10.6 Å². The van der Waals surface area contributed by atoms with E-state index in [1.807, 2.05) is 0 Å². The van der Waals surface area contributed by atoms with Crippen LogP contribution in [0.3, 0.4) is 0 Å². The van der Waals surface area contributed by atoms with Gasteiger partial charge in [-0.25, -0.2) is 4.39 Å². The zero-order chi connectivity index (χ0) is 21.9. The van der Waals surface area contributed by atoms with E-state index in [0.29, 0.717) is 33.8 Å². The number of Topliss-reactive ketones (excluding diaryl/α,β-unsaturated/α-hetero) is 1. The van der Waals surface area contributed by atoms with Crippen molar-refractivity contribution in [1.29, 1.82) is 0 Å². The number of nitrogens with two attached hydrogens (primary N) is 1. The van der Waals surface area contributed by atoms with E-state index < -0.39 is 24.5 Å². The maximum Gasteiger partial charge on any atom is 0.257 e. The number of hydrogen-bond donors (Lipinski definition) is 4. The largest absolute Gasteiger partial charge is 0.394 e. The molecule has 156 valence electrons. The summed E-state index contributed by atoms with van der Waals surface area (Å²) in [4.78, 5) is 36.7. The SMILES string of the molecule is Cc1cc(NC(=O)c2c(C)c(C(=O)CN[C@H](CO)C(N)=O)n(C)c2C)ccc1F. The highest BCUT2D eigenvalue weighted by Crippen LogP contribution is 2.23. The Morgan fingerprint density at radius 2 is 1.90 bits per heavy atom. The van der Waals surface area contributed by atoms with Gasteiger partial charge in [0.05, 0.1) is 24.4 Å². The first-order chi connectivity index (χ1) is 13.6. The second-order valence-electron chi connectivity index (χ2n) is 6.85. The lowest BCUT2D eigenvalue weighted by Crippen LogP contribution is -2.46. The third-order valence-corrected chi connectivity index (χ3v) is 4.87. The molecule has 2 amide bonds. The van der Waals surface area contributed by atoms with Gasteiger partial charge in [-0.1, -0.05) is 0 Å². The topological polar surface area (TPSA) is 126 Å². The number of rotatable bonds is 8. The Labute approximate surface area is 167 Å². The number of benzene rings is 1. The van der Waals surface area contributed by atoms with Crippen LogP contribution >= 0.6 is 0 Å². The quantitative estimate of drug-likeness (QED) is 0.488. The molecule has 0 aliphatic rings. The second-order valence-corrected chi connectivity index (χ2v) is 6.85. The van der Waals surface area contributed by atoms with Crippen molar-refractivity contribution >= 4 is 23.3 Å². The fraction of sp³-hybridized carbons (Fsp3) is 0.350. The summed E-state index contributed by atoms with van der Waals surface area (Å²) in [6.45, 7) is 4.20. The Bertz CT molecular complexity index is 968. The predicted molar refractivity (Wildman–Crippen MR) is 106 cm³/mol. The number of hydrogen-bond acceptors (Lipinski definition) is 5. The summed E-state index contributed by atoms with van der Waals surface area (Å²) in [5.41, 5.74) is 7.68. The van der Waals surface area contributed by atoms with Crippen molar-refractivity contribution in [3.8, 4) is 0 Å². The van der Waals surface area contributed by atoms with Crippen LogP contribution in [0.15, 0.2) is 18.2 Å². The molecule has 5 N–H and O–H groups in total. The van der Waals surface area contributed by atoms with Crippen molar-refractivity contribution in [3.05, 3.63) is 52.1 Å². The van der Waals surface area contributed by atoms with Gasteiger partial charge < -0.3 is 20.7 Å². The number of nitrogens with zero attached hydrogens (tertiary/aromatic N) is 1. The summed E-state index contributed by atoms with van der Waals surface area (Å²) in [5.74, 6) is -1.91. The van der Waals surface area contributed by atoms with Crippen molar-refractivity contribution in [2.45, 2.75) is 26.8 Å². The maximum atomic E-state index is 13.4. The summed E-state index contributed by atoms with van der Waals surface area (Å²) < 4.78 is 15.0. The third-order valence-electron chi connectivity index (χ3n) is 4.87. The van der Waals surface area contributed by atoms with Crippen LogP contribution < -0.4 is 16.4 Å². The molecule has 0 bridgehead atoms. The number of amides is 2. The average Bonchev–Trinajstić information content (AvgIpc) is 2.87. The molecule has 0 radical (unpaired) electrons. The number of aliphatic hydroxyl groups excluding tert-OH is 1. The number of ketones is 1. The molecule has 0 aliphatic carbocycles. The molecule has 8 nitrogen and oxygen atoms in total. The molecule has 0 fully saturated rings. The lowest BCUT2D eigenvalue weighted by Gasteiger charge is -2.12. The minimum atomic E-state index is -1.04. The number of halogens is 1. The van der Waals surface area contributed by atoms with Gasteiger partial charge in [-0.3, -0.25) is 19.7 Å². The van der Waals surface area contributed by atoms with E-state index in [1.54, 1.807) is 32.4 Å². The molecule has 2 aromatic rings. The highest BCUT2D eigenvalue weighted by molar-refractivity contribution is 6.09. The Kier molecular flexibility index (Phi) is 6.89. The van der Waals surface area contributed by atoms with Crippen LogP contribution in [0.2, 0.25) is 0 Å². The standard InChI is InChI=1S/C20H25FN4O4/c1-10-7-13(5-6-14(10)21)24-20(29)17-11(2)18(25(4)12(17)3)16(27)8-23-15(9-26)19(22)28/h5-7,15,23,26H,8-9H2,1-4H3,(H2,22,28)(H,24,29)/t15-/m1/s1. The van der Waals surface area contributed by atoms with Gasteiger partial charge in [0.2, 0.25) is 5.91 Å². The minimum absolute atomic E-state index is 0.232. The third kappa shape index (κ3) is 4.69. The van der Waals surface area contributed by atoms with Crippen LogP contribution in [-0.4, -0.2) is 46.5 Å². The first-order valence-corrected chi connectivity index (χ1v) is 8.98. The molecule has 0 spiro atoms. The molecule has 29 heavy (non-hydrogen) atoms. The number of nitrogens with one attached hydrogen (secondary N) is 2. The molecule has 0 aliphatic heterocycles. The van der Waals surface area contributed by atoms with E-state index in [-0.39, 0.29) is 18.1 Å². The molecule has 0 unspecified atom stereocenters. The monoisotopic (exact) mass is 404 g/mol. The lowest BCUT2D eigenvalue weighted by molar-refractivity contribution is -0.120. The van der Waals surface area contributed by atoms with Crippen molar-refractivity contribution in [3.63, 3.8) is 0 Å². The number of aromatic nitrogens is 1. The van der Waals surface area contributed by atoms with E-state index in [4.69, 9.17) is 10.8 Å². The fourth-order valence-electron chi connectivity index (χ4n) is 3.18. The van der Waals surface area contributed by atoms with Crippen molar-refractivity contribution < 1.29 is 23.9 Å². The van der Waals surface area contributed by atoms with Crippen LogP contribution in [0, 0.1) is 26.6 Å². The molecule has 2 rings (SSSR count). The molecule has 0 saturated heterocycles. The lowest BCUT2D eigenvalue weighted by atomic mass is 10.1. The van der Waals surface area contributed by atoms with Gasteiger partial charge in [-0.2, -0.15) is 0 Å². The number of aliphatic hydroxyl groups is 1. The van der Waals surface area contributed by atoms with Gasteiger partial charge in [0.25, 0.3) is 5.91 Å². The van der Waals surface area contributed by atoms with Gasteiger partial charge in [0.15, 0.2) is 5.78 Å². The van der Waals surface area contributed by atoms with Crippen LogP contribution in [-0.2, 0) is 11.8 Å². The molecular weight excluding hydrogens is 379 g/mol. The van der Waals surface area contributed by atoms with E-state index in [0.717, 1.165) is 0 Å². The Morgan fingerprint density at radius 1 is 1.24 bits per heavy atom. The highest BCUT2D eigenvalue weighted by atomic mass is 19.1. The number of carbonyl (C=O) groups is 3. The normalized spacial score (nSPS) is 11.9. The first kappa shape index (κ1) is 22.3. The Balaban J connectivity index is 2.26. The van der Waals surface area contributed by atoms with Crippen molar-refractivity contribution in [1.82, 2.24) is 9.88 Å². The second kappa shape index (κ2) is 8.97. The molecular formula is C20H25FN4O4. The smallest absolute Gasteiger partial charge is 0.257 e. The number of primary amides is 1. The number of anilines is 1. The van der Waals surface area contributed by atoms with Crippen LogP contribution in [0.4, 0.5) is 10.1 Å². The Hall–Kier alpha value is -3.04. The minimum Gasteiger partial charge on any atom is -0.394 e. The van der Waals surface area contributed by atoms with Gasteiger partial charge in [-0.15, -0.1) is 0 Å². The summed E-state index contributed by atoms with van der Waals surface area (Å²) in [6, 6.07) is 3.22. The molecule has 1 atom stereocenters. The van der Waals surface area contributed by atoms with E-state index in [1.165, 1.54) is 18.2 Å². The number of aryl methyl sites for hydroxylation is 1. The maximum absolute atomic E-state index is 13.4. The summed E-state index contributed by atoms with van der Waals surface area (Å²) in [5, 5.41) is 14.5. The number of carbonyl (C=O) groups excluding carboxylic acids is 3. The Morgan fingerprint density at radius 3 is 2.45 bits per heavy atom. The highest BCUT2D eigenvalue weighted by Gasteiger charge is 2.25. The van der Waals surface area contributed by atoms with Crippen LogP contribution in [0.25, 0.3) is 0 Å². The fourth-order valence-corrected chi connectivity index (χ4v) is 3.18. The van der Waals surface area contributed by atoms with Crippen molar-refractivity contribution in [2.75, 3.05) is 18.5 Å².